The number of rotatable bonds is 9. The van der Waals surface area contributed by atoms with Crippen LogP contribution in [0.3, 0.4) is 0 Å². The number of esters is 2. The van der Waals surface area contributed by atoms with Gasteiger partial charge in [-0.2, -0.15) is 8.78 Å². The Labute approximate surface area is 138 Å². The van der Waals surface area contributed by atoms with Crippen molar-refractivity contribution in [3.05, 3.63) is 34.4 Å². The molecule has 1 aromatic rings. The van der Waals surface area contributed by atoms with Gasteiger partial charge in [0.05, 0.1) is 4.92 Å². The van der Waals surface area contributed by atoms with Gasteiger partial charge in [0.1, 0.15) is 0 Å². The molecule has 0 aromatic heterocycles. The van der Waals surface area contributed by atoms with Crippen molar-refractivity contribution in [3.63, 3.8) is 0 Å². The maximum absolute atomic E-state index is 12.5. The molecule has 0 saturated carbocycles. The molecule has 0 radical (unpaired) electrons. The average Bonchev–Trinajstić information content (AvgIpc) is 2.53. The van der Waals surface area contributed by atoms with Gasteiger partial charge >= 0.3 is 30.0 Å². The van der Waals surface area contributed by atoms with Crippen molar-refractivity contribution in [1.29, 1.82) is 0 Å². The molecule has 11 heteroatoms. The summed E-state index contributed by atoms with van der Waals surface area (Å²) in [6, 6.07) is 5.12. The van der Waals surface area contributed by atoms with Crippen LogP contribution in [-0.4, -0.2) is 35.8 Å². The molecule has 0 saturated heterocycles. The van der Waals surface area contributed by atoms with E-state index in [1.54, 1.807) is 0 Å². The van der Waals surface area contributed by atoms with Gasteiger partial charge in [-0.3, -0.25) is 19.7 Å². The summed E-state index contributed by atoms with van der Waals surface area (Å²) >= 11 is 0. The van der Waals surface area contributed by atoms with Gasteiger partial charge in [-0.15, -0.1) is 0 Å². The zero-order chi connectivity index (χ0) is 19.0. The second kappa shape index (κ2) is 8.94. The fraction of sp³-hybridized carbons (Fsp3) is 0.429. The maximum Gasteiger partial charge on any atom is 0.340 e. The van der Waals surface area contributed by atoms with Crippen LogP contribution >= 0.6 is 0 Å². The van der Waals surface area contributed by atoms with Gasteiger partial charge in [-0.05, 0) is 12.5 Å². The van der Waals surface area contributed by atoms with E-state index in [1.165, 1.54) is 18.2 Å². The Morgan fingerprint density at radius 2 is 1.76 bits per heavy atom. The molecule has 25 heavy (non-hydrogen) atoms. The first-order chi connectivity index (χ1) is 11.6. The number of benzene rings is 1. The Hall–Kier alpha value is -2.72. The first-order valence-corrected chi connectivity index (χ1v) is 6.89. The number of nitro groups is 1. The molecule has 0 aliphatic rings. The molecule has 1 aromatic carbocycles. The first-order valence-electron chi connectivity index (χ1n) is 6.89. The molecule has 0 aliphatic heterocycles. The summed E-state index contributed by atoms with van der Waals surface area (Å²) in [5.41, 5.74) is -0.426. The van der Waals surface area contributed by atoms with Gasteiger partial charge in [0.2, 0.25) is 5.75 Å². The van der Waals surface area contributed by atoms with Crippen LogP contribution in [0.2, 0.25) is 0 Å². The number of para-hydroxylation sites is 2. The lowest BCUT2D eigenvalue weighted by Crippen LogP contribution is -2.33. The minimum Gasteiger partial charge on any atom is -0.459 e. The second-order valence-electron chi connectivity index (χ2n) is 4.77. The summed E-state index contributed by atoms with van der Waals surface area (Å²) in [6.45, 7) is -1.76. The highest BCUT2D eigenvalue weighted by Gasteiger charge is 2.42. The summed E-state index contributed by atoms with van der Waals surface area (Å²) in [5.74, 6) is -6.80. The summed E-state index contributed by atoms with van der Waals surface area (Å²) in [6.07, 6.45) is -4.96. The highest BCUT2D eigenvalue weighted by molar-refractivity contribution is 5.75. The Morgan fingerprint density at radius 3 is 2.36 bits per heavy atom. The zero-order valence-corrected chi connectivity index (χ0v) is 12.6. The highest BCUT2D eigenvalue weighted by Crippen LogP contribution is 2.26. The molecule has 0 heterocycles. The molecular formula is C14H13F4NO6. The summed E-state index contributed by atoms with van der Waals surface area (Å²) in [7, 11) is 0. The Balaban J connectivity index is 2.38. The van der Waals surface area contributed by atoms with Gasteiger partial charge < -0.3 is 9.47 Å². The summed E-state index contributed by atoms with van der Waals surface area (Å²) in [5, 5.41) is 10.7. The van der Waals surface area contributed by atoms with Crippen LogP contribution < -0.4 is 4.74 Å². The van der Waals surface area contributed by atoms with Gasteiger partial charge in [0, 0.05) is 18.9 Å². The van der Waals surface area contributed by atoms with Crippen molar-refractivity contribution >= 4 is 17.6 Å². The summed E-state index contributed by atoms with van der Waals surface area (Å²) < 4.78 is 57.6. The fourth-order valence-corrected chi connectivity index (χ4v) is 1.56. The zero-order valence-electron chi connectivity index (χ0n) is 12.6. The Bertz CT molecular complexity index is 638. The van der Waals surface area contributed by atoms with Crippen LogP contribution in [0.4, 0.5) is 23.2 Å². The Morgan fingerprint density at radius 1 is 1.16 bits per heavy atom. The molecule has 0 amide bonds. The van der Waals surface area contributed by atoms with E-state index < -0.39 is 47.9 Å². The van der Waals surface area contributed by atoms with Gasteiger partial charge in [-0.25, -0.2) is 8.78 Å². The number of carbonyl (C=O) groups excluding carboxylic acids is 2. The number of hydrogen-bond donors (Lipinski definition) is 0. The molecule has 0 aliphatic carbocycles. The van der Waals surface area contributed by atoms with E-state index >= 15 is 0 Å². The number of alkyl halides is 4. The van der Waals surface area contributed by atoms with E-state index in [0.29, 0.717) is 0 Å². The van der Waals surface area contributed by atoms with Crippen LogP contribution in [0.25, 0.3) is 0 Å². The van der Waals surface area contributed by atoms with Crippen molar-refractivity contribution in [2.45, 2.75) is 31.6 Å². The molecule has 1 rings (SSSR count). The summed E-state index contributed by atoms with van der Waals surface area (Å²) in [4.78, 5) is 32.7. The average molecular weight is 367 g/mol. The second-order valence-corrected chi connectivity index (χ2v) is 4.77. The first kappa shape index (κ1) is 20.3. The molecule has 0 bridgehead atoms. The predicted molar refractivity (Wildman–Crippen MR) is 74.5 cm³/mol. The quantitative estimate of drug-likeness (QED) is 0.219. The van der Waals surface area contributed by atoms with Crippen LogP contribution in [-0.2, 0) is 14.3 Å². The lowest BCUT2D eigenvalue weighted by Gasteiger charge is -2.14. The van der Waals surface area contributed by atoms with E-state index in [9.17, 15) is 37.3 Å². The number of halogens is 4. The maximum atomic E-state index is 12.5. The molecule has 7 nitrogen and oxygen atoms in total. The lowest BCUT2D eigenvalue weighted by molar-refractivity contribution is -0.385. The Kier molecular flexibility index (Phi) is 7.27. The largest absolute Gasteiger partial charge is 0.459 e. The number of nitrogens with zero attached hydrogens (tertiary/aromatic N) is 1. The fourth-order valence-electron chi connectivity index (χ4n) is 1.56. The van der Waals surface area contributed by atoms with Crippen molar-refractivity contribution in [1.82, 2.24) is 0 Å². The smallest absolute Gasteiger partial charge is 0.340 e. The molecule has 0 fully saturated rings. The SMILES string of the molecule is O=C(CCCC(=O)Oc1ccccc1[N+](=O)[O-])OCC(F)(F)C(F)F. The van der Waals surface area contributed by atoms with E-state index in [-0.39, 0.29) is 18.6 Å². The van der Waals surface area contributed by atoms with E-state index in [1.807, 2.05) is 0 Å². The van der Waals surface area contributed by atoms with Crippen molar-refractivity contribution in [2.24, 2.45) is 0 Å². The molecular weight excluding hydrogens is 354 g/mol. The number of ether oxygens (including phenoxy) is 2. The number of hydrogen-bond acceptors (Lipinski definition) is 6. The monoisotopic (exact) mass is 367 g/mol. The molecule has 0 spiro atoms. The minimum absolute atomic E-state index is 0.168. The number of carbonyl (C=O) groups is 2. The minimum atomic E-state index is -4.44. The topological polar surface area (TPSA) is 95.7 Å². The van der Waals surface area contributed by atoms with E-state index in [0.717, 1.165) is 6.07 Å². The van der Waals surface area contributed by atoms with Crippen LogP contribution in [0, 0.1) is 10.1 Å². The van der Waals surface area contributed by atoms with Crippen LogP contribution in [0.15, 0.2) is 24.3 Å². The molecule has 0 N–H and O–H groups in total. The van der Waals surface area contributed by atoms with Crippen molar-refractivity contribution in [2.75, 3.05) is 6.61 Å². The number of nitro benzene ring substituents is 1. The highest BCUT2D eigenvalue weighted by atomic mass is 19.3. The van der Waals surface area contributed by atoms with Crippen molar-refractivity contribution in [3.8, 4) is 5.75 Å². The lowest BCUT2D eigenvalue weighted by atomic mass is 10.2. The van der Waals surface area contributed by atoms with Crippen molar-refractivity contribution < 1.29 is 41.5 Å². The third kappa shape index (κ3) is 6.73. The normalized spacial score (nSPS) is 11.2. The molecule has 138 valence electrons. The van der Waals surface area contributed by atoms with E-state index in [2.05, 4.69) is 4.74 Å². The van der Waals surface area contributed by atoms with E-state index in [4.69, 9.17) is 4.74 Å². The standard InChI is InChI=1S/C14H13F4NO6/c15-13(16)14(17,18)8-24-11(20)6-3-7-12(21)25-10-5-2-1-4-9(10)19(22)23/h1-2,4-5,13H,3,6-8H2. The van der Waals surface area contributed by atoms with Crippen LogP contribution in [0.5, 0.6) is 5.75 Å². The van der Waals surface area contributed by atoms with Gasteiger partial charge in [0.15, 0.2) is 6.61 Å². The van der Waals surface area contributed by atoms with Gasteiger partial charge in [-0.1, -0.05) is 12.1 Å². The predicted octanol–water partition coefficient (Wildman–Crippen LogP) is 3.11. The molecule has 0 unspecified atom stereocenters. The molecule has 0 atom stereocenters. The van der Waals surface area contributed by atoms with Crippen LogP contribution in [0.1, 0.15) is 19.3 Å². The third-order valence-electron chi connectivity index (χ3n) is 2.79. The third-order valence-corrected chi connectivity index (χ3v) is 2.79. The van der Waals surface area contributed by atoms with Gasteiger partial charge in [0.25, 0.3) is 0 Å².